The number of halogens is 1. The molecule has 0 saturated carbocycles. The van der Waals surface area contributed by atoms with Gasteiger partial charge in [-0.05, 0) is 68.3 Å². The summed E-state index contributed by atoms with van der Waals surface area (Å²) in [6, 6.07) is 10.4. The van der Waals surface area contributed by atoms with Crippen LogP contribution in [0.5, 0.6) is 11.6 Å². The van der Waals surface area contributed by atoms with Crippen LogP contribution in [-0.4, -0.2) is 22.5 Å². The number of hydrogen-bond acceptors (Lipinski definition) is 7. The summed E-state index contributed by atoms with van der Waals surface area (Å²) >= 11 is 6.20. The van der Waals surface area contributed by atoms with Crippen LogP contribution in [0.25, 0.3) is 0 Å². The quantitative estimate of drug-likeness (QED) is 0.547. The Bertz CT molecular complexity index is 1020. The van der Waals surface area contributed by atoms with E-state index < -0.39 is 0 Å². The molecule has 3 aromatic rings. The Kier molecular flexibility index (Phi) is 6.19. The van der Waals surface area contributed by atoms with E-state index >= 15 is 0 Å². The third-order valence-electron chi connectivity index (χ3n) is 4.13. The van der Waals surface area contributed by atoms with E-state index in [9.17, 15) is 4.79 Å². The first-order chi connectivity index (χ1) is 13.9. The van der Waals surface area contributed by atoms with Gasteiger partial charge in [0.1, 0.15) is 17.8 Å². The number of carbonyl (C=O) groups excluding carboxylic acids is 1. The number of carbonyl (C=O) groups is 1. The highest BCUT2D eigenvalue weighted by Crippen LogP contribution is 2.33. The number of nitrogens with two attached hydrogens (primary N) is 1. The largest absolute Gasteiger partial charge is 0.462 e. The van der Waals surface area contributed by atoms with Crippen molar-refractivity contribution < 1.29 is 14.3 Å². The van der Waals surface area contributed by atoms with Crippen molar-refractivity contribution in [3.05, 3.63) is 64.4 Å². The Hall–Kier alpha value is -3.32. The van der Waals surface area contributed by atoms with E-state index in [-0.39, 0.29) is 17.5 Å². The maximum atomic E-state index is 11.7. The third-order valence-corrected chi connectivity index (χ3v) is 4.73. The summed E-state index contributed by atoms with van der Waals surface area (Å²) in [5.41, 5.74) is 9.41. The van der Waals surface area contributed by atoms with Gasteiger partial charge in [0.05, 0.1) is 12.2 Å². The molecule has 0 unspecified atom stereocenters. The maximum Gasteiger partial charge on any atom is 0.338 e. The molecule has 150 valence electrons. The first-order valence-electron chi connectivity index (χ1n) is 8.98. The molecule has 3 N–H and O–H groups in total. The molecule has 0 fully saturated rings. The summed E-state index contributed by atoms with van der Waals surface area (Å²) in [5, 5.41) is 3.80. The summed E-state index contributed by atoms with van der Waals surface area (Å²) < 4.78 is 10.8. The number of nitrogen functional groups attached to an aromatic ring is 1. The smallest absolute Gasteiger partial charge is 0.338 e. The monoisotopic (exact) mass is 412 g/mol. The summed E-state index contributed by atoms with van der Waals surface area (Å²) in [4.78, 5) is 20.0. The van der Waals surface area contributed by atoms with Crippen LogP contribution < -0.4 is 15.8 Å². The molecular weight excluding hydrogens is 392 g/mol. The highest BCUT2D eigenvalue weighted by molar-refractivity contribution is 6.32. The number of nitrogens with zero attached hydrogens (tertiary/aromatic N) is 2. The van der Waals surface area contributed by atoms with Crippen LogP contribution in [0.2, 0.25) is 5.02 Å². The van der Waals surface area contributed by atoms with Crippen molar-refractivity contribution in [1.29, 1.82) is 0 Å². The Labute approximate surface area is 173 Å². The molecule has 0 saturated heterocycles. The average molecular weight is 413 g/mol. The molecule has 8 heteroatoms. The molecule has 0 aliphatic rings. The van der Waals surface area contributed by atoms with Crippen molar-refractivity contribution in [1.82, 2.24) is 9.97 Å². The molecule has 0 aliphatic carbocycles. The van der Waals surface area contributed by atoms with Gasteiger partial charge < -0.3 is 20.5 Å². The van der Waals surface area contributed by atoms with Crippen molar-refractivity contribution >= 4 is 34.8 Å². The number of rotatable bonds is 6. The van der Waals surface area contributed by atoms with Crippen LogP contribution in [0.15, 0.2) is 42.7 Å². The minimum atomic E-state index is -0.371. The van der Waals surface area contributed by atoms with Crippen LogP contribution in [0, 0.1) is 13.8 Å². The van der Waals surface area contributed by atoms with Crippen LogP contribution in [0.1, 0.15) is 28.4 Å². The fraction of sp³-hybridized carbons (Fsp3) is 0.190. The van der Waals surface area contributed by atoms with Crippen molar-refractivity contribution in [3.63, 3.8) is 0 Å². The van der Waals surface area contributed by atoms with E-state index in [1.54, 1.807) is 31.2 Å². The normalized spacial score (nSPS) is 10.5. The van der Waals surface area contributed by atoms with E-state index in [1.165, 1.54) is 6.33 Å². The zero-order chi connectivity index (χ0) is 21.0. The first-order valence-corrected chi connectivity index (χ1v) is 9.36. The van der Waals surface area contributed by atoms with Gasteiger partial charge >= 0.3 is 5.97 Å². The van der Waals surface area contributed by atoms with Gasteiger partial charge in [-0.25, -0.2) is 9.78 Å². The lowest BCUT2D eigenvalue weighted by atomic mass is 10.1. The molecule has 0 radical (unpaired) electrons. The number of ether oxygens (including phenoxy) is 2. The second kappa shape index (κ2) is 8.79. The molecule has 1 heterocycles. The van der Waals surface area contributed by atoms with Gasteiger partial charge in [0, 0.05) is 10.7 Å². The van der Waals surface area contributed by atoms with Crippen molar-refractivity contribution in [2.75, 3.05) is 17.7 Å². The molecule has 0 aliphatic heterocycles. The zero-order valence-corrected chi connectivity index (χ0v) is 17.1. The van der Waals surface area contributed by atoms with Gasteiger partial charge in [-0.2, -0.15) is 4.98 Å². The average Bonchev–Trinajstić information content (AvgIpc) is 2.70. The van der Waals surface area contributed by atoms with Crippen LogP contribution in [0.3, 0.4) is 0 Å². The van der Waals surface area contributed by atoms with Crippen LogP contribution in [-0.2, 0) is 4.74 Å². The predicted octanol–water partition coefficient (Wildman–Crippen LogP) is 5.04. The Morgan fingerprint density at radius 2 is 1.79 bits per heavy atom. The lowest BCUT2D eigenvalue weighted by molar-refractivity contribution is 0.0526. The van der Waals surface area contributed by atoms with Crippen molar-refractivity contribution in [2.24, 2.45) is 0 Å². The molecule has 3 rings (SSSR count). The molecule has 0 bridgehead atoms. The van der Waals surface area contributed by atoms with E-state index in [0.29, 0.717) is 34.4 Å². The number of benzene rings is 2. The van der Waals surface area contributed by atoms with E-state index in [4.69, 9.17) is 26.8 Å². The van der Waals surface area contributed by atoms with Gasteiger partial charge in [-0.15, -0.1) is 0 Å². The third kappa shape index (κ3) is 4.75. The number of anilines is 3. The molecule has 0 amide bonds. The topological polar surface area (TPSA) is 99.4 Å². The second-order valence-corrected chi connectivity index (χ2v) is 6.72. The van der Waals surface area contributed by atoms with Gasteiger partial charge in [0.2, 0.25) is 5.88 Å². The van der Waals surface area contributed by atoms with Crippen molar-refractivity contribution in [2.45, 2.75) is 20.8 Å². The summed E-state index contributed by atoms with van der Waals surface area (Å²) in [6.45, 7) is 5.89. The first kappa shape index (κ1) is 20.4. The molecule has 1 aromatic heterocycles. The number of esters is 1. The van der Waals surface area contributed by atoms with Gasteiger partial charge in [0.15, 0.2) is 5.82 Å². The molecule has 2 aromatic carbocycles. The summed E-state index contributed by atoms with van der Waals surface area (Å²) in [6.07, 6.45) is 1.36. The summed E-state index contributed by atoms with van der Waals surface area (Å²) in [7, 11) is 0. The fourth-order valence-electron chi connectivity index (χ4n) is 2.68. The molecule has 29 heavy (non-hydrogen) atoms. The maximum absolute atomic E-state index is 11.7. The number of aryl methyl sites for hydroxylation is 2. The van der Waals surface area contributed by atoms with E-state index in [2.05, 4.69) is 15.3 Å². The standard InChI is InChI=1S/C21H21ClN4O3/c1-4-28-21(27)14-5-7-15(8-6-14)26-19-18(23)20(25-11-24-19)29-16-9-12(2)17(22)13(3)10-16/h5-11H,4,23H2,1-3H3,(H,24,25,26). The van der Waals surface area contributed by atoms with Gasteiger partial charge in [0.25, 0.3) is 0 Å². The van der Waals surface area contributed by atoms with E-state index in [1.807, 2.05) is 26.0 Å². The lowest BCUT2D eigenvalue weighted by Gasteiger charge is -2.13. The Morgan fingerprint density at radius 1 is 1.14 bits per heavy atom. The fourth-order valence-corrected chi connectivity index (χ4v) is 2.79. The highest BCUT2D eigenvalue weighted by atomic mass is 35.5. The SMILES string of the molecule is CCOC(=O)c1ccc(Nc2ncnc(Oc3cc(C)c(Cl)c(C)c3)c2N)cc1. The van der Waals surface area contributed by atoms with Crippen LogP contribution >= 0.6 is 11.6 Å². The minimum Gasteiger partial charge on any atom is -0.462 e. The van der Waals surface area contributed by atoms with Gasteiger partial charge in [-0.3, -0.25) is 0 Å². The van der Waals surface area contributed by atoms with E-state index in [0.717, 1.165) is 11.1 Å². The Balaban J connectivity index is 1.79. The highest BCUT2D eigenvalue weighted by Gasteiger charge is 2.13. The van der Waals surface area contributed by atoms with Crippen LogP contribution in [0.4, 0.5) is 17.2 Å². The predicted molar refractivity (Wildman–Crippen MR) is 113 cm³/mol. The minimum absolute atomic E-state index is 0.228. The van der Waals surface area contributed by atoms with Gasteiger partial charge in [-0.1, -0.05) is 11.6 Å². The Morgan fingerprint density at radius 3 is 2.41 bits per heavy atom. The zero-order valence-electron chi connectivity index (χ0n) is 16.3. The molecular formula is C21H21ClN4O3. The molecule has 7 nitrogen and oxygen atoms in total. The number of hydrogen-bond donors (Lipinski definition) is 2. The number of nitrogens with one attached hydrogen (secondary N) is 1. The van der Waals surface area contributed by atoms with Crippen molar-refractivity contribution in [3.8, 4) is 11.6 Å². The second-order valence-electron chi connectivity index (χ2n) is 6.34. The molecule has 0 atom stereocenters. The summed E-state index contributed by atoms with van der Waals surface area (Å²) in [5.74, 6) is 0.831. The molecule has 0 spiro atoms. The number of aromatic nitrogens is 2. The lowest BCUT2D eigenvalue weighted by Crippen LogP contribution is -2.05.